The molecule has 2 N–H and O–H groups in total. The summed E-state index contributed by atoms with van der Waals surface area (Å²) in [6, 6.07) is 4.19. The van der Waals surface area contributed by atoms with Crippen molar-refractivity contribution >= 4 is 11.3 Å². The predicted octanol–water partition coefficient (Wildman–Crippen LogP) is 2.65. The first-order chi connectivity index (χ1) is 9.43. The van der Waals surface area contributed by atoms with Crippen molar-refractivity contribution in [3.63, 3.8) is 0 Å². The van der Waals surface area contributed by atoms with Crippen molar-refractivity contribution in [3.8, 4) is 10.6 Å². The minimum atomic E-state index is 0.658. The molecule has 2 aromatic rings. The van der Waals surface area contributed by atoms with Crippen molar-refractivity contribution in [2.45, 2.75) is 19.4 Å². The Balaban J connectivity index is 1.54. The lowest BCUT2D eigenvalue weighted by Gasteiger charge is -2.22. The van der Waals surface area contributed by atoms with E-state index in [-0.39, 0.29) is 0 Å². The normalized spacial score (nSPS) is 19.7. The molecule has 2 aromatic heterocycles. The Labute approximate surface area is 117 Å². The summed E-state index contributed by atoms with van der Waals surface area (Å²) in [4.78, 5) is 1.25. The van der Waals surface area contributed by atoms with E-state index in [0.717, 1.165) is 32.0 Å². The van der Waals surface area contributed by atoms with Gasteiger partial charge in [-0.25, -0.2) is 0 Å². The van der Waals surface area contributed by atoms with Gasteiger partial charge in [-0.05, 0) is 30.2 Å². The van der Waals surface area contributed by atoms with Crippen LogP contribution in [-0.4, -0.2) is 30.0 Å². The maximum Gasteiger partial charge on any atom is 0.0794 e. The second-order valence-electron chi connectivity index (χ2n) is 4.96. The van der Waals surface area contributed by atoms with Gasteiger partial charge in [-0.1, -0.05) is 6.07 Å². The number of hydrogen-bond acceptors (Lipinski definition) is 4. The highest BCUT2D eigenvalue weighted by molar-refractivity contribution is 7.13. The zero-order chi connectivity index (χ0) is 12.9. The van der Waals surface area contributed by atoms with E-state index in [1.54, 1.807) is 11.3 Å². The number of ether oxygens (including phenoxy) is 1. The lowest BCUT2D eigenvalue weighted by Crippen LogP contribution is -2.28. The first-order valence-corrected chi connectivity index (χ1v) is 7.66. The fourth-order valence-electron chi connectivity index (χ4n) is 2.46. The van der Waals surface area contributed by atoms with E-state index < -0.39 is 0 Å². The van der Waals surface area contributed by atoms with Crippen LogP contribution in [0, 0.1) is 5.92 Å². The zero-order valence-corrected chi connectivity index (χ0v) is 11.7. The first kappa shape index (κ1) is 12.8. The van der Waals surface area contributed by atoms with Crippen LogP contribution in [0.2, 0.25) is 0 Å². The molecule has 1 aliphatic rings. The van der Waals surface area contributed by atoms with E-state index in [1.165, 1.54) is 23.3 Å². The SMILES string of the molecule is c1csc(-c2[nH]ncc2CNCC2CCCOC2)c1. The maximum absolute atomic E-state index is 5.50. The van der Waals surface area contributed by atoms with Crippen molar-refractivity contribution in [2.75, 3.05) is 19.8 Å². The molecular weight excluding hydrogens is 258 g/mol. The maximum atomic E-state index is 5.50. The van der Waals surface area contributed by atoms with E-state index in [0.29, 0.717) is 5.92 Å². The Bertz CT molecular complexity index is 489. The number of nitrogens with zero attached hydrogens (tertiary/aromatic N) is 1. The molecule has 1 atom stereocenters. The molecule has 4 nitrogen and oxygen atoms in total. The van der Waals surface area contributed by atoms with Gasteiger partial charge < -0.3 is 10.1 Å². The molecule has 0 aromatic carbocycles. The third-order valence-electron chi connectivity index (χ3n) is 3.49. The number of hydrogen-bond donors (Lipinski definition) is 2. The summed E-state index contributed by atoms with van der Waals surface area (Å²) in [6.45, 7) is 3.71. The molecule has 0 aliphatic carbocycles. The number of aromatic nitrogens is 2. The minimum Gasteiger partial charge on any atom is -0.381 e. The Morgan fingerprint density at radius 1 is 1.53 bits per heavy atom. The number of rotatable bonds is 5. The Hall–Kier alpha value is -1.17. The van der Waals surface area contributed by atoms with Crippen molar-refractivity contribution in [2.24, 2.45) is 5.92 Å². The van der Waals surface area contributed by atoms with Crippen LogP contribution >= 0.6 is 11.3 Å². The molecule has 3 rings (SSSR count). The minimum absolute atomic E-state index is 0.658. The van der Waals surface area contributed by atoms with Gasteiger partial charge >= 0.3 is 0 Å². The summed E-state index contributed by atoms with van der Waals surface area (Å²) in [7, 11) is 0. The first-order valence-electron chi connectivity index (χ1n) is 6.78. The quantitative estimate of drug-likeness (QED) is 0.883. The molecule has 0 bridgehead atoms. The van der Waals surface area contributed by atoms with E-state index in [1.807, 2.05) is 6.20 Å². The Kier molecular flexibility index (Phi) is 4.27. The van der Waals surface area contributed by atoms with Gasteiger partial charge in [-0.3, -0.25) is 5.10 Å². The van der Waals surface area contributed by atoms with Gasteiger partial charge in [0.05, 0.1) is 23.4 Å². The highest BCUT2D eigenvalue weighted by Crippen LogP contribution is 2.25. The molecule has 19 heavy (non-hydrogen) atoms. The highest BCUT2D eigenvalue weighted by Gasteiger charge is 2.14. The fourth-order valence-corrected chi connectivity index (χ4v) is 3.21. The van der Waals surface area contributed by atoms with Crippen LogP contribution in [-0.2, 0) is 11.3 Å². The van der Waals surface area contributed by atoms with Crippen molar-refractivity contribution in [1.82, 2.24) is 15.5 Å². The molecule has 1 saturated heterocycles. The second-order valence-corrected chi connectivity index (χ2v) is 5.91. The summed E-state index contributed by atoms with van der Waals surface area (Å²) in [5.41, 5.74) is 2.38. The van der Waals surface area contributed by atoms with E-state index in [2.05, 4.69) is 33.0 Å². The molecule has 1 unspecified atom stereocenters. The molecule has 0 amide bonds. The topological polar surface area (TPSA) is 49.9 Å². The van der Waals surface area contributed by atoms with Crippen molar-refractivity contribution in [3.05, 3.63) is 29.3 Å². The summed E-state index contributed by atoms with van der Waals surface area (Å²) < 4.78 is 5.50. The van der Waals surface area contributed by atoms with Gasteiger partial charge in [0.1, 0.15) is 0 Å². The molecule has 0 saturated carbocycles. The summed E-state index contributed by atoms with van der Waals surface area (Å²) in [5.74, 6) is 0.658. The van der Waals surface area contributed by atoms with E-state index in [9.17, 15) is 0 Å². The van der Waals surface area contributed by atoms with Crippen molar-refractivity contribution in [1.29, 1.82) is 0 Å². The third kappa shape index (κ3) is 3.23. The van der Waals surface area contributed by atoms with Gasteiger partial charge in [0, 0.05) is 25.3 Å². The molecule has 1 fully saturated rings. The van der Waals surface area contributed by atoms with Crippen LogP contribution in [0.4, 0.5) is 0 Å². The third-order valence-corrected chi connectivity index (χ3v) is 4.38. The molecular formula is C14H19N3OS. The van der Waals surface area contributed by atoms with Crippen LogP contribution in [0.3, 0.4) is 0 Å². The van der Waals surface area contributed by atoms with Crippen LogP contribution in [0.15, 0.2) is 23.7 Å². The molecule has 102 valence electrons. The summed E-state index contributed by atoms with van der Waals surface area (Å²) in [6.07, 6.45) is 4.38. The average molecular weight is 277 g/mol. The van der Waals surface area contributed by atoms with Gasteiger partial charge in [0.2, 0.25) is 0 Å². The molecule has 1 aliphatic heterocycles. The van der Waals surface area contributed by atoms with Gasteiger partial charge in [-0.2, -0.15) is 5.10 Å². The summed E-state index contributed by atoms with van der Waals surface area (Å²) in [5, 5.41) is 12.9. The van der Waals surface area contributed by atoms with Gasteiger partial charge in [0.25, 0.3) is 0 Å². The lowest BCUT2D eigenvalue weighted by molar-refractivity contribution is 0.0547. The van der Waals surface area contributed by atoms with Crippen LogP contribution in [0.5, 0.6) is 0 Å². The summed E-state index contributed by atoms with van der Waals surface area (Å²) >= 11 is 1.74. The van der Waals surface area contributed by atoms with Gasteiger partial charge in [-0.15, -0.1) is 11.3 Å². The fraction of sp³-hybridized carbons (Fsp3) is 0.500. The van der Waals surface area contributed by atoms with Crippen molar-refractivity contribution < 1.29 is 4.74 Å². The molecule has 3 heterocycles. The van der Waals surface area contributed by atoms with E-state index in [4.69, 9.17) is 4.74 Å². The lowest BCUT2D eigenvalue weighted by atomic mass is 10.0. The highest BCUT2D eigenvalue weighted by atomic mass is 32.1. The molecule has 5 heteroatoms. The molecule has 0 radical (unpaired) electrons. The van der Waals surface area contributed by atoms with Gasteiger partial charge in [0.15, 0.2) is 0 Å². The van der Waals surface area contributed by atoms with Crippen LogP contribution in [0.1, 0.15) is 18.4 Å². The average Bonchev–Trinajstić information content (AvgIpc) is 3.10. The van der Waals surface area contributed by atoms with Crippen LogP contribution in [0.25, 0.3) is 10.6 Å². The number of H-pyrrole nitrogens is 1. The van der Waals surface area contributed by atoms with E-state index >= 15 is 0 Å². The monoisotopic (exact) mass is 277 g/mol. The standard InChI is InChI=1S/C14H19N3OS/c1-3-11(10-18-5-1)7-15-8-12-9-16-17-14(12)13-4-2-6-19-13/h2,4,6,9,11,15H,1,3,5,7-8,10H2,(H,16,17). The second kappa shape index (κ2) is 6.32. The smallest absolute Gasteiger partial charge is 0.0794 e. The number of thiophene rings is 1. The zero-order valence-electron chi connectivity index (χ0n) is 10.9. The number of nitrogens with one attached hydrogen (secondary N) is 2. The predicted molar refractivity (Wildman–Crippen MR) is 77.2 cm³/mol. The largest absolute Gasteiger partial charge is 0.381 e. The number of aromatic amines is 1. The molecule has 0 spiro atoms. The Morgan fingerprint density at radius 3 is 3.32 bits per heavy atom. The van der Waals surface area contributed by atoms with Crippen LogP contribution < -0.4 is 5.32 Å². The Morgan fingerprint density at radius 2 is 2.53 bits per heavy atom.